The maximum Gasteiger partial charge on any atom is 0.293 e. The Morgan fingerprint density at radius 1 is 1.29 bits per heavy atom. The molecule has 4 nitrogen and oxygen atoms in total. The monoisotopic (exact) mass is 234 g/mol. The number of carbonyl (C=O) groups is 1. The van der Waals surface area contributed by atoms with Crippen molar-refractivity contribution in [3.05, 3.63) is 30.0 Å². The number of H-pyrrole nitrogens is 1. The van der Waals surface area contributed by atoms with Crippen LogP contribution in [0.2, 0.25) is 0 Å². The smallest absolute Gasteiger partial charge is 0.293 e. The number of aryl methyl sites for hydroxylation is 1. The number of nitrogens with one attached hydrogen (secondary N) is 1. The first-order chi connectivity index (χ1) is 7.94. The Kier molecular flexibility index (Phi) is 4.26. The Bertz CT molecular complexity index is 483. The van der Waals surface area contributed by atoms with Gasteiger partial charge in [0, 0.05) is 5.39 Å². The second-order valence-corrected chi connectivity index (χ2v) is 4.68. The number of carbonyl (C=O) groups excluding carboxylic acids is 1. The Hall–Kier alpha value is -1.84. The molecule has 0 saturated carbocycles. The summed E-state index contributed by atoms with van der Waals surface area (Å²) in [6.07, 6.45) is 0. The van der Waals surface area contributed by atoms with Gasteiger partial charge in [0.1, 0.15) is 5.60 Å². The molecule has 0 bridgehead atoms. The van der Waals surface area contributed by atoms with E-state index in [-0.39, 0.29) is 5.60 Å². The SMILES string of the molecule is CC(C)(C)OC=O.Cc1n[nH]c2ccccc12. The number of hydrogen-bond donors (Lipinski definition) is 1. The molecule has 1 heterocycles. The van der Waals surface area contributed by atoms with Crippen molar-refractivity contribution in [3.8, 4) is 0 Å². The number of aromatic nitrogens is 2. The molecule has 2 aromatic rings. The summed E-state index contributed by atoms with van der Waals surface area (Å²) in [7, 11) is 0. The summed E-state index contributed by atoms with van der Waals surface area (Å²) >= 11 is 0. The van der Waals surface area contributed by atoms with Gasteiger partial charge in [-0.2, -0.15) is 5.10 Å². The molecule has 92 valence electrons. The van der Waals surface area contributed by atoms with Gasteiger partial charge in [-0.05, 0) is 33.8 Å². The zero-order chi connectivity index (χ0) is 12.9. The van der Waals surface area contributed by atoms with Crippen LogP contribution in [-0.2, 0) is 9.53 Å². The van der Waals surface area contributed by atoms with E-state index in [2.05, 4.69) is 21.0 Å². The Balaban J connectivity index is 0.000000185. The van der Waals surface area contributed by atoms with Gasteiger partial charge >= 0.3 is 0 Å². The van der Waals surface area contributed by atoms with Crippen molar-refractivity contribution in [2.45, 2.75) is 33.3 Å². The Morgan fingerprint density at radius 2 is 1.94 bits per heavy atom. The third-order valence-corrected chi connectivity index (χ3v) is 2.06. The van der Waals surface area contributed by atoms with Crippen LogP contribution >= 0.6 is 0 Å². The molecule has 1 N–H and O–H groups in total. The van der Waals surface area contributed by atoms with Crippen molar-refractivity contribution in [1.82, 2.24) is 10.2 Å². The minimum atomic E-state index is -0.318. The standard InChI is InChI=1S/C8H8N2.C5H10O2/c1-6-7-4-2-3-5-8(7)10-9-6;1-5(2,3)7-4-6/h2-5H,1H3,(H,9,10);4H,1-3H3. The van der Waals surface area contributed by atoms with Crippen LogP contribution in [-0.4, -0.2) is 22.3 Å². The number of fused-ring (bicyclic) bond motifs is 1. The fourth-order valence-corrected chi connectivity index (χ4v) is 1.24. The molecule has 0 unspecified atom stereocenters. The Labute approximate surface area is 101 Å². The summed E-state index contributed by atoms with van der Waals surface area (Å²) in [5, 5.41) is 8.22. The molecule has 0 fully saturated rings. The minimum absolute atomic E-state index is 0.318. The molecule has 0 aliphatic heterocycles. The van der Waals surface area contributed by atoms with E-state index < -0.39 is 0 Å². The molecule has 17 heavy (non-hydrogen) atoms. The van der Waals surface area contributed by atoms with E-state index in [1.54, 1.807) is 0 Å². The van der Waals surface area contributed by atoms with Crippen LogP contribution < -0.4 is 0 Å². The van der Waals surface area contributed by atoms with Gasteiger partial charge in [0.25, 0.3) is 6.47 Å². The lowest BCUT2D eigenvalue weighted by Crippen LogP contribution is -2.17. The van der Waals surface area contributed by atoms with E-state index >= 15 is 0 Å². The summed E-state index contributed by atoms with van der Waals surface area (Å²) in [5.74, 6) is 0. The molecule has 0 amide bonds. The topological polar surface area (TPSA) is 55.0 Å². The third kappa shape index (κ3) is 4.26. The van der Waals surface area contributed by atoms with E-state index in [0.29, 0.717) is 6.47 Å². The quantitative estimate of drug-likeness (QED) is 0.772. The molecule has 0 atom stereocenters. The number of aromatic amines is 1. The largest absolute Gasteiger partial charge is 0.462 e. The van der Waals surface area contributed by atoms with Crippen LogP contribution in [0.5, 0.6) is 0 Å². The summed E-state index contributed by atoms with van der Waals surface area (Å²) in [6, 6.07) is 8.11. The van der Waals surface area contributed by atoms with Gasteiger partial charge in [-0.1, -0.05) is 18.2 Å². The zero-order valence-electron chi connectivity index (χ0n) is 10.7. The fourth-order valence-electron chi connectivity index (χ4n) is 1.24. The van der Waals surface area contributed by atoms with Crippen LogP contribution in [0.4, 0.5) is 0 Å². The van der Waals surface area contributed by atoms with Gasteiger partial charge in [0.2, 0.25) is 0 Å². The highest BCUT2D eigenvalue weighted by atomic mass is 16.5. The van der Waals surface area contributed by atoms with E-state index in [1.807, 2.05) is 45.9 Å². The summed E-state index contributed by atoms with van der Waals surface area (Å²) in [6.45, 7) is 7.92. The number of ether oxygens (including phenoxy) is 1. The van der Waals surface area contributed by atoms with E-state index in [0.717, 1.165) is 11.2 Å². The van der Waals surface area contributed by atoms with Crippen LogP contribution in [0.25, 0.3) is 10.9 Å². The predicted octanol–water partition coefficient (Wildman–Crippen LogP) is 2.83. The van der Waals surface area contributed by atoms with Crippen LogP contribution in [0.3, 0.4) is 0 Å². The number of hydrogen-bond acceptors (Lipinski definition) is 3. The molecule has 0 aliphatic carbocycles. The van der Waals surface area contributed by atoms with Crippen LogP contribution in [0.1, 0.15) is 26.5 Å². The van der Waals surface area contributed by atoms with E-state index in [1.165, 1.54) is 5.39 Å². The predicted molar refractivity (Wildman–Crippen MR) is 67.7 cm³/mol. The maximum absolute atomic E-state index is 9.60. The van der Waals surface area contributed by atoms with Crippen molar-refractivity contribution in [3.63, 3.8) is 0 Å². The van der Waals surface area contributed by atoms with Crippen LogP contribution in [0.15, 0.2) is 24.3 Å². The lowest BCUT2D eigenvalue weighted by Gasteiger charge is -2.14. The molecule has 0 aliphatic rings. The number of rotatable bonds is 1. The van der Waals surface area contributed by atoms with Gasteiger partial charge in [-0.15, -0.1) is 0 Å². The fraction of sp³-hybridized carbons (Fsp3) is 0.385. The number of nitrogens with zero attached hydrogens (tertiary/aromatic N) is 1. The van der Waals surface area contributed by atoms with Crippen molar-refractivity contribution in [2.24, 2.45) is 0 Å². The van der Waals surface area contributed by atoms with E-state index in [9.17, 15) is 4.79 Å². The molecule has 0 spiro atoms. The third-order valence-electron chi connectivity index (χ3n) is 2.06. The van der Waals surface area contributed by atoms with Crippen molar-refractivity contribution in [1.29, 1.82) is 0 Å². The highest BCUT2D eigenvalue weighted by Gasteiger charge is 2.07. The van der Waals surface area contributed by atoms with Crippen molar-refractivity contribution < 1.29 is 9.53 Å². The molecule has 0 saturated heterocycles. The Morgan fingerprint density at radius 3 is 2.41 bits per heavy atom. The molecule has 1 aromatic heterocycles. The average Bonchev–Trinajstić information content (AvgIpc) is 2.61. The maximum atomic E-state index is 9.60. The molecule has 1 aromatic carbocycles. The first kappa shape index (κ1) is 13.2. The first-order valence-corrected chi connectivity index (χ1v) is 5.45. The van der Waals surface area contributed by atoms with Crippen molar-refractivity contribution >= 4 is 17.4 Å². The lowest BCUT2D eigenvalue weighted by atomic mass is 10.2. The van der Waals surface area contributed by atoms with Gasteiger partial charge in [-0.3, -0.25) is 9.89 Å². The molecule has 0 radical (unpaired) electrons. The van der Waals surface area contributed by atoms with Crippen LogP contribution in [0, 0.1) is 6.92 Å². The highest BCUT2D eigenvalue weighted by Crippen LogP contribution is 2.12. The van der Waals surface area contributed by atoms with Gasteiger partial charge in [0.15, 0.2) is 0 Å². The lowest BCUT2D eigenvalue weighted by molar-refractivity contribution is -0.138. The van der Waals surface area contributed by atoms with E-state index in [4.69, 9.17) is 0 Å². The first-order valence-electron chi connectivity index (χ1n) is 5.45. The normalized spacial score (nSPS) is 10.6. The van der Waals surface area contributed by atoms with Gasteiger partial charge < -0.3 is 4.74 Å². The van der Waals surface area contributed by atoms with Gasteiger partial charge in [0.05, 0.1) is 11.2 Å². The summed E-state index contributed by atoms with van der Waals surface area (Å²) in [5.41, 5.74) is 1.86. The minimum Gasteiger partial charge on any atom is -0.462 e. The number of para-hydroxylation sites is 1. The highest BCUT2D eigenvalue weighted by molar-refractivity contribution is 5.80. The van der Waals surface area contributed by atoms with Crippen molar-refractivity contribution in [2.75, 3.05) is 0 Å². The van der Waals surface area contributed by atoms with Gasteiger partial charge in [-0.25, -0.2) is 0 Å². The zero-order valence-corrected chi connectivity index (χ0v) is 10.7. The molecule has 2 rings (SSSR count). The second kappa shape index (κ2) is 5.48. The number of benzene rings is 1. The molecular weight excluding hydrogens is 216 g/mol. The second-order valence-electron chi connectivity index (χ2n) is 4.68. The summed E-state index contributed by atoms with van der Waals surface area (Å²) in [4.78, 5) is 9.60. The summed E-state index contributed by atoms with van der Waals surface area (Å²) < 4.78 is 4.55. The molecular formula is C13H18N2O2. The molecule has 4 heteroatoms. The average molecular weight is 234 g/mol.